The predicted octanol–water partition coefficient (Wildman–Crippen LogP) is 1.56. The lowest BCUT2D eigenvalue weighted by Crippen LogP contribution is -2.47. The number of likely N-dealkylation sites (N-methyl/N-ethyl adjacent to an activating group) is 1. The number of nitrogens with one attached hydrogen (secondary N) is 1. The van der Waals surface area contributed by atoms with E-state index in [0.29, 0.717) is 12.6 Å². The van der Waals surface area contributed by atoms with Crippen molar-refractivity contribution in [1.82, 2.24) is 15.1 Å². The summed E-state index contributed by atoms with van der Waals surface area (Å²) in [5.41, 5.74) is 0. The molecule has 1 heterocycles. The van der Waals surface area contributed by atoms with Gasteiger partial charge >= 0.3 is 0 Å². The van der Waals surface area contributed by atoms with Crippen molar-refractivity contribution in [3.05, 3.63) is 0 Å². The maximum Gasteiger partial charge on any atom is 0.236 e. The van der Waals surface area contributed by atoms with Crippen molar-refractivity contribution in [2.75, 3.05) is 39.3 Å². The number of carbonyl (C=O) groups is 1. The van der Waals surface area contributed by atoms with Crippen LogP contribution in [0.4, 0.5) is 0 Å². The van der Waals surface area contributed by atoms with Gasteiger partial charge in [0.05, 0.1) is 6.54 Å². The summed E-state index contributed by atoms with van der Waals surface area (Å²) in [5.74, 6) is 0.975. The van der Waals surface area contributed by atoms with Crippen LogP contribution in [-0.4, -0.2) is 61.0 Å². The van der Waals surface area contributed by atoms with Gasteiger partial charge in [0, 0.05) is 25.7 Å². The summed E-state index contributed by atoms with van der Waals surface area (Å²) in [6.07, 6.45) is 2.33. The fourth-order valence-electron chi connectivity index (χ4n) is 2.76. The fourth-order valence-corrected chi connectivity index (χ4v) is 2.76. The van der Waals surface area contributed by atoms with Gasteiger partial charge in [0.15, 0.2) is 0 Å². The number of hydrogen-bond donors (Lipinski definition) is 1. The first-order chi connectivity index (χ1) is 9.06. The maximum atomic E-state index is 11.9. The van der Waals surface area contributed by atoms with E-state index >= 15 is 0 Å². The van der Waals surface area contributed by atoms with Crippen LogP contribution in [0.15, 0.2) is 0 Å². The third-order valence-electron chi connectivity index (χ3n) is 3.87. The zero-order valence-electron chi connectivity index (χ0n) is 13.1. The third kappa shape index (κ3) is 5.91. The van der Waals surface area contributed by atoms with Crippen LogP contribution >= 0.6 is 0 Å². The van der Waals surface area contributed by atoms with Gasteiger partial charge in [-0.15, -0.1) is 0 Å². The van der Waals surface area contributed by atoms with Crippen LogP contribution in [0, 0.1) is 5.92 Å². The standard InChI is InChI=1S/C15H31N3O/c1-5-18(6-2)15(19)11-16-14-7-9-17(10-8-14)12-13(3)4/h13-14,16H,5-12H2,1-4H3. The largest absolute Gasteiger partial charge is 0.342 e. The van der Waals surface area contributed by atoms with Crippen LogP contribution in [-0.2, 0) is 4.79 Å². The fraction of sp³-hybridized carbons (Fsp3) is 0.933. The molecule has 1 fully saturated rings. The van der Waals surface area contributed by atoms with Gasteiger partial charge in [-0.25, -0.2) is 0 Å². The van der Waals surface area contributed by atoms with Crippen LogP contribution in [0.3, 0.4) is 0 Å². The van der Waals surface area contributed by atoms with E-state index in [9.17, 15) is 4.79 Å². The summed E-state index contributed by atoms with van der Waals surface area (Å²) in [7, 11) is 0. The van der Waals surface area contributed by atoms with Crippen molar-refractivity contribution >= 4 is 5.91 Å². The minimum atomic E-state index is 0.231. The Morgan fingerprint density at radius 2 is 1.84 bits per heavy atom. The van der Waals surface area contributed by atoms with Crippen LogP contribution in [0.2, 0.25) is 0 Å². The highest BCUT2D eigenvalue weighted by molar-refractivity contribution is 5.78. The van der Waals surface area contributed by atoms with Gasteiger partial charge in [-0.2, -0.15) is 0 Å². The van der Waals surface area contributed by atoms with Crippen LogP contribution in [0.25, 0.3) is 0 Å². The van der Waals surface area contributed by atoms with E-state index in [1.807, 2.05) is 18.7 Å². The normalized spacial score (nSPS) is 17.9. The molecule has 1 rings (SSSR count). The van der Waals surface area contributed by atoms with Crippen LogP contribution in [0.5, 0.6) is 0 Å². The second-order valence-corrected chi connectivity index (χ2v) is 5.92. The molecule has 1 amide bonds. The monoisotopic (exact) mass is 269 g/mol. The van der Waals surface area contributed by atoms with Gasteiger partial charge in [-0.1, -0.05) is 13.8 Å². The number of carbonyl (C=O) groups excluding carboxylic acids is 1. The van der Waals surface area contributed by atoms with E-state index in [2.05, 4.69) is 24.1 Å². The summed E-state index contributed by atoms with van der Waals surface area (Å²) in [6, 6.07) is 0.517. The Morgan fingerprint density at radius 3 is 2.32 bits per heavy atom. The molecule has 0 saturated carbocycles. The number of piperidine rings is 1. The van der Waals surface area contributed by atoms with E-state index in [4.69, 9.17) is 0 Å². The zero-order valence-corrected chi connectivity index (χ0v) is 13.1. The summed E-state index contributed by atoms with van der Waals surface area (Å²) in [5, 5.41) is 3.43. The van der Waals surface area contributed by atoms with Crippen LogP contribution < -0.4 is 5.32 Å². The van der Waals surface area contributed by atoms with Crippen molar-refractivity contribution in [3.63, 3.8) is 0 Å². The Labute approximate surface area is 118 Å². The Morgan fingerprint density at radius 1 is 1.26 bits per heavy atom. The number of likely N-dealkylation sites (tertiary alicyclic amines) is 1. The predicted molar refractivity (Wildman–Crippen MR) is 80.2 cm³/mol. The minimum absolute atomic E-state index is 0.231. The lowest BCUT2D eigenvalue weighted by atomic mass is 10.0. The van der Waals surface area contributed by atoms with E-state index < -0.39 is 0 Å². The molecule has 0 aliphatic carbocycles. The Hall–Kier alpha value is -0.610. The van der Waals surface area contributed by atoms with Crippen molar-refractivity contribution in [1.29, 1.82) is 0 Å². The molecule has 1 N–H and O–H groups in total. The first-order valence-electron chi connectivity index (χ1n) is 7.80. The van der Waals surface area contributed by atoms with E-state index in [1.165, 1.54) is 6.54 Å². The number of amides is 1. The molecule has 0 atom stereocenters. The second kappa shape index (κ2) is 8.54. The van der Waals surface area contributed by atoms with Gasteiger partial charge < -0.3 is 15.1 Å². The van der Waals surface area contributed by atoms with Gasteiger partial charge in [0.1, 0.15) is 0 Å². The topological polar surface area (TPSA) is 35.6 Å². The molecule has 0 bridgehead atoms. The SMILES string of the molecule is CCN(CC)C(=O)CNC1CCN(CC(C)C)CC1. The van der Waals surface area contributed by atoms with Gasteiger partial charge in [0.2, 0.25) is 5.91 Å². The first-order valence-corrected chi connectivity index (χ1v) is 7.80. The molecule has 1 aliphatic rings. The average molecular weight is 269 g/mol. The number of rotatable bonds is 7. The van der Waals surface area contributed by atoms with Crippen molar-refractivity contribution in [2.45, 2.75) is 46.6 Å². The molecule has 0 aromatic carbocycles. The Kier molecular flexibility index (Phi) is 7.39. The summed E-state index contributed by atoms with van der Waals surface area (Å²) < 4.78 is 0. The third-order valence-corrected chi connectivity index (χ3v) is 3.87. The number of hydrogen-bond acceptors (Lipinski definition) is 3. The van der Waals surface area contributed by atoms with Crippen molar-refractivity contribution in [2.24, 2.45) is 5.92 Å². The molecule has 1 saturated heterocycles. The highest BCUT2D eigenvalue weighted by Crippen LogP contribution is 2.11. The quantitative estimate of drug-likeness (QED) is 0.762. The second-order valence-electron chi connectivity index (χ2n) is 5.92. The highest BCUT2D eigenvalue weighted by atomic mass is 16.2. The molecular weight excluding hydrogens is 238 g/mol. The first kappa shape index (κ1) is 16.4. The van der Waals surface area contributed by atoms with Crippen LogP contribution in [0.1, 0.15) is 40.5 Å². The smallest absolute Gasteiger partial charge is 0.236 e. The zero-order chi connectivity index (χ0) is 14.3. The molecule has 0 aromatic rings. The van der Waals surface area contributed by atoms with Gasteiger partial charge in [-0.3, -0.25) is 4.79 Å². The lowest BCUT2D eigenvalue weighted by molar-refractivity contribution is -0.130. The molecule has 4 nitrogen and oxygen atoms in total. The maximum absolute atomic E-state index is 11.9. The molecule has 0 unspecified atom stereocenters. The van der Waals surface area contributed by atoms with Crippen molar-refractivity contribution in [3.8, 4) is 0 Å². The molecular formula is C15H31N3O. The van der Waals surface area contributed by atoms with Crippen molar-refractivity contribution < 1.29 is 4.79 Å². The Balaban J connectivity index is 2.20. The molecule has 0 spiro atoms. The van der Waals surface area contributed by atoms with E-state index in [0.717, 1.165) is 44.9 Å². The molecule has 0 radical (unpaired) electrons. The average Bonchev–Trinajstić information content (AvgIpc) is 2.38. The van der Waals surface area contributed by atoms with Gasteiger partial charge in [0.25, 0.3) is 0 Å². The molecule has 112 valence electrons. The Bertz CT molecular complexity index is 256. The summed E-state index contributed by atoms with van der Waals surface area (Å²) in [6.45, 7) is 14.2. The molecule has 19 heavy (non-hydrogen) atoms. The molecule has 4 heteroatoms. The van der Waals surface area contributed by atoms with Gasteiger partial charge in [-0.05, 0) is 45.7 Å². The lowest BCUT2D eigenvalue weighted by Gasteiger charge is -2.33. The minimum Gasteiger partial charge on any atom is -0.342 e. The molecule has 1 aliphatic heterocycles. The van der Waals surface area contributed by atoms with E-state index in [1.54, 1.807) is 0 Å². The summed E-state index contributed by atoms with van der Waals surface area (Å²) >= 11 is 0. The molecule has 0 aromatic heterocycles. The highest BCUT2D eigenvalue weighted by Gasteiger charge is 2.20. The van der Waals surface area contributed by atoms with E-state index in [-0.39, 0.29) is 5.91 Å². The number of nitrogens with zero attached hydrogens (tertiary/aromatic N) is 2. The summed E-state index contributed by atoms with van der Waals surface area (Å²) in [4.78, 5) is 16.3.